The topological polar surface area (TPSA) is 73.0 Å². The van der Waals surface area contributed by atoms with Crippen LogP contribution >= 0.6 is 11.8 Å². The first-order chi connectivity index (χ1) is 15.6. The van der Waals surface area contributed by atoms with E-state index in [-0.39, 0.29) is 0 Å². The Morgan fingerprint density at radius 3 is 2.38 bits per heavy atom. The Kier molecular flexibility index (Phi) is 6.43. The second kappa shape index (κ2) is 9.58. The van der Waals surface area contributed by atoms with Gasteiger partial charge in [-0.3, -0.25) is 4.57 Å². The number of aromatic nitrogens is 3. The Labute approximate surface area is 191 Å². The van der Waals surface area contributed by atoms with Gasteiger partial charge in [0.15, 0.2) is 22.5 Å². The molecule has 0 saturated heterocycles. The van der Waals surface area contributed by atoms with Crippen LogP contribution in [0, 0.1) is 18.3 Å². The smallest absolute Gasteiger partial charge is 0.196 e. The molecule has 0 atom stereocenters. The molecule has 3 aromatic carbocycles. The van der Waals surface area contributed by atoms with E-state index < -0.39 is 0 Å². The molecule has 0 spiro atoms. The van der Waals surface area contributed by atoms with Gasteiger partial charge in [-0.15, -0.1) is 10.2 Å². The van der Waals surface area contributed by atoms with Gasteiger partial charge < -0.3 is 9.47 Å². The molecule has 0 saturated carbocycles. The van der Waals surface area contributed by atoms with Crippen molar-refractivity contribution in [3.05, 3.63) is 83.4 Å². The average molecular weight is 443 g/mol. The molecule has 0 radical (unpaired) electrons. The molecule has 0 N–H and O–H groups in total. The van der Waals surface area contributed by atoms with Crippen LogP contribution in [0.2, 0.25) is 0 Å². The molecule has 0 fully saturated rings. The monoisotopic (exact) mass is 442 g/mol. The first-order valence-electron chi connectivity index (χ1n) is 10.00. The molecule has 0 unspecified atom stereocenters. The lowest BCUT2D eigenvalue weighted by molar-refractivity contribution is 0.355. The fraction of sp³-hybridized carbons (Fsp3) is 0.160. The van der Waals surface area contributed by atoms with E-state index in [0.29, 0.717) is 22.8 Å². The largest absolute Gasteiger partial charge is 0.493 e. The van der Waals surface area contributed by atoms with Crippen molar-refractivity contribution in [3.63, 3.8) is 0 Å². The van der Waals surface area contributed by atoms with Crippen molar-refractivity contribution in [1.82, 2.24) is 14.8 Å². The number of hydrogen-bond acceptors (Lipinski definition) is 6. The minimum atomic E-state index is 0.635. The number of nitrogens with zero attached hydrogens (tertiary/aromatic N) is 4. The molecule has 7 heteroatoms. The fourth-order valence-electron chi connectivity index (χ4n) is 3.38. The molecule has 0 amide bonds. The molecule has 32 heavy (non-hydrogen) atoms. The molecule has 6 nitrogen and oxygen atoms in total. The fourth-order valence-corrected chi connectivity index (χ4v) is 4.28. The molecule has 4 aromatic rings. The molecule has 0 aliphatic rings. The van der Waals surface area contributed by atoms with Gasteiger partial charge in [-0.2, -0.15) is 5.26 Å². The quantitative estimate of drug-likeness (QED) is 0.356. The normalized spacial score (nSPS) is 10.6. The predicted molar refractivity (Wildman–Crippen MR) is 125 cm³/mol. The zero-order valence-electron chi connectivity index (χ0n) is 18.1. The van der Waals surface area contributed by atoms with Crippen molar-refractivity contribution in [2.45, 2.75) is 17.8 Å². The second-order valence-corrected chi connectivity index (χ2v) is 8.04. The van der Waals surface area contributed by atoms with E-state index in [1.807, 2.05) is 54.6 Å². The summed E-state index contributed by atoms with van der Waals surface area (Å²) >= 11 is 1.60. The van der Waals surface area contributed by atoms with Crippen LogP contribution in [-0.2, 0) is 5.75 Å². The van der Waals surface area contributed by atoms with Gasteiger partial charge in [0.2, 0.25) is 0 Å². The Morgan fingerprint density at radius 2 is 1.69 bits per heavy atom. The van der Waals surface area contributed by atoms with E-state index in [4.69, 9.17) is 14.7 Å². The Morgan fingerprint density at radius 1 is 0.938 bits per heavy atom. The van der Waals surface area contributed by atoms with Crippen molar-refractivity contribution < 1.29 is 9.47 Å². The van der Waals surface area contributed by atoms with E-state index >= 15 is 0 Å². The van der Waals surface area contributed by atoms with Crippen molar-refractivity contribution >= 4 is 11.8 Å². The van der Waals surface area contributed by atoms with Gasteiger partial charge in [-0.05, 0) is 54.4 Å². The summed E-state index contributed by atoms with van der Waals surface area (Å²) in [5.41, 5.74) is 4.78. The molecule has 160 valence electrons. The van der Waals surface area contributed by atoms with E-state index in [2.05, 4.69) is 39.9 Å². The number of methoxy groups -OCH3 is 2. The standard InChI is InChI=1S/C25H22N4O2S/c1-17-6-4-5-7-21(17)29-24(20-12-13-22(30-2)23(14-20)31-3)27-28-25(29)32-16-19-10-8-18(15-26)9-11-19/h4-14H,16H2,1-3H3. The number of ether oxygens (including phenoxy) is 2. The van der Waals surface area contributed by atoms with Gasteiger partial charge in [0.05, 0.1) is 31.5 Å². The van der Waals surface area contributed by atoms with Gasteiger partial charge >= 0.3 is 0 Å². The van der Waals surface area contributed by atoms with Crippen LogP contribution in [0.15, 0.2) is 71.9 Å². The van der Waals surface area contributed by atoms with Crippen LogP contribution in [0.1, 0.15) is 16.7 Å². The van der Waals surface area contributed by atoms with Crippen molar-refractivity contribution in [3.8, 4) is 34.6 Å². The molecule has 0 bridgehead atoms. The Balaban J connectivity index is 1.75. The third-order valence-electron chi connectivity index (χ3n) is 5.08. The number of nitriles is 1. The van der Waals surface area contributed by atoms with Gasteiger partial charge in [0, 0.05) is 11.3 Å². The van der Waals surface area contributed by atoms with Crippen LogP contribution in [-0.4, -0.2) is 29.0 Å². The highest BCUT2D eigenvalue weighted by molar-refractivity contribution is 7.98. The Bertz CT molecular complexity index is 1280. The number of hydrogen-bond donors (Lipinski definition) is 0. The highest BCUT2D eigenvalue weighted by Crippen LogP contribution is 2.35. The Hall–Kier alpha value is -3.76. The van der Waals surface area contributed by atoms with Crippen molar-refractivity contribution in [2.24, 2.45) is 0 Å². The number of benzene rings is 3. The zero-order chi connectivity index (χ0) is 22.5. The van der Waals surface area contributed by atoms with E-state index in [0.717, 1.165) is 33.4 Å². The summed E-state index contributed by atoms with van der Waals surface area (Å²) in [5.74, 6) is 2.73. The van der Waals surface area contributed by atoms with Crippen molar-refractivity contribution in [2.75, 3.05) is 14.2 Å². The summed E-state index contributed by atoms with van der Waals surface area (Å²) in [4.78, 5) is 0. The van der Waals surface area contributed by atoms with Crippen LogP contribution in [0.5, 0.6) is 11.5 Å². The van der Waals surface area contributed by atoms with Crippen molar-refractivity contribution in [1.29, 1.82) is 5.26 Å². The average Bonchev–Trinajstić information content (AvgIpc) is 3.26. The maximum absolute atomic E-state index is 9.01. The predicted octanol–water partition coefficient (Wildman–Crippen LogP) is 5.42. The first kappa shape index (κ1) is 21.5. The van der Waals surface area contributed by atoms with Crippen LogP contribution in [0.4, 0.5) is 0 Å². The maximum atomic E-state index is 9.01. The summed E-state index contributed by atoms with van der Waals surface area (Å²) < 4.78 is 12.9. The molecule has 0 aliphatic carbocycles. The van der Waals surface area contributed by atoms with Crippen LogP contribution in [0.25, 0.3) is 17.1 Å². The summed E-state index contributed by atoms with van der Waals surface area (Å²) in [5, 5.41) is 18.8. The van der Waals surface area contributed by atoms with E-state index in [9.17, 15) is 0 Å². The third kappa shape index (κ3) is 4.32. The van der Waals surface area contributed by atoms with Crippen LogP contribution < -0.4 is 9.47 Å². The molecule has 1 heterocycles. The SMILES string of the molecule is COc1ccc(-c2nnc(SCc3ccc(C#N)cc3)n2-c2ccccc2C)cc1OC. The highest BCUT2D eigenvalue weighted by atomic mass is 32.2. The van der Waals surface area contributed by atoms with E-state index in [1.54, 1.807) is 26.0 Å². The van der Waals surface area contributed by atoms with E-state index in [1.165, 1.54) is 0 Å². The molecular weight excluding hydrogens is 420 g/mol. The minimum absolute atomic E-state index is 0.635. The van der Waals surface area contributed by atoms with Gasteiger partial charge in [0.25, 0.3) is 0 Å². The lowest BCUT2D eigenvalue weighted by atomic mass is 10.1. The number of rotatable bonds is 7. The first-order valence-corrected chi connectivity index (χ1v) is 11.0. The lowest BCUT2D eigenvalue weighted by Crippen LogP contribution is -2.02. The van der Waals surface area contributed by atoms with Crippen LogP contribution in [0.3, 0.4) is 0 Å². The third-order valence-corrected chi connectivity index (χ3v) is 6.08. The highest BCUT2D eigenvalue weighted by Gasteiger charge is 2.19. The zero-order valence-corrected chi connectivity index (χ0v) is 18.9. The molecule has 4 rings (SSSR count). The molecule has 0 aliphatic heterocycles. The van der Waals surface area contributed by atoms with Gasteiger partial charge in [0.1, 0.15) is 0 Å². The lowest BCUT2D eigenvalue weighted by Gasteiger charge is -2.14. The number of aryl methyl sites for hydroxylation is 1. The van der Waals surface area contributed by atoms with Gasteiger partial charge in [-0.25, -0.2) is 0 Å². The molecule has 1 aromatic heterocycles. The van der Waals surface area contributed by atoms with Gasteiger partial charge in [-0.1, -0.05) is 42.1 Å². The summed E-state index contributed by atoms with van der Waals surface area (Å²) in [6, 6.07) is 23.6. The number of thioether (sulfide) groups is 1. The maximum Gasteiger partial charge on any atom is 0.196 e. The summed E-state index contributed by atoms with van der Waals surface area (Å²) in [7, 11) is 3.23. The number of para-hydroxylation sites is 1. The minimum Gasteiger partial charge on any atom is -0.493 e. The summed E-state index contributed by atoms with van der Waals surface area (Å²) in [6.07, 6.45) is 0. The molecular formula is C25H22N4O2S. The second-order valence-electron chi connectivity index (χ2n) is 7.10. The summed E-state index contributed by atoms with van der Waals surface area (Å²) in [6.45, 7) is 2.07.